The van der Waals surface area contributed by atoms with Gasteiger partial charge in [0.2, 0.25) is 0 Å². The lowest BCUT2D eigenvalue weighted by molar-refractivity contribution is -0.145. The molecule has 5 nitrogen and oxygen atoms in total. The number of benzene rings is 3. The molecule has 0 aliphatic carbocycles. The van der Waals surface area contributed by atoms with E-state index in [1.165, 1.54) is 0 Å². The number of carboxylic acid groups (broad SMARTS) is 1. The fourth-order valence-corrected chi connectivity index (χ4v) is 4.12. The average molecular weight is 489 g/mol. The third kappa shape index (κ3) is 5.41. The summed E-state index contributed by atoms with van der Waals surface area (Å²) in [4.78, 5) is 11.4. The number of carboxylic acids is 1. The molecule has 0 fully saturated rings. The van der Waals surface area contributed by atoms with Crippen molar-refractivity contribution in [1.82, 2.24) is 9.78 Å². The highest BCUT2D eigenvalue weighted by Gasteiger charge is 2.24. The zero-order valence-corrected chi connectivity index (χ0v) is 21.1. The van der Waals surface area contributed by atoms with Gasteiger partial charge in [0.15, 0.2) is 6.10 Å². The van der Waals surface area contributed by atoms with Gasteiger partial charge >= 0.3 is 5.97 Å². The van der Waals surface area contributed by atoms with E-state index < -0.39 is 12.1 Å². The van der Waals surface area contributed by atoms with Crippen LogP contribution in [0.3, 0.4) is 0 Å². The second-order valence-corrected chi connectivity index (χ2v) is 9.92. The summed E-state index contributed by atoms with van der Waals surface area (Å²) in [5.74, 6) is -0.450. The summed E-state index contributed by atoms with van der Waals surface area (Å²) in [6, 6.07) is 25.4. The molecule has 180 valence electrons. The summed E-state index contributed by atoms with van der Waals surface area (Å²) in [5, 5.41) is 15.1. The van der Waals surface area contributed by atoms with E-state index in [0.717, 1.165) is 33.8 Å². The maximum atomic E-state index is 11.4. The Bertz CT molecular complexity index is 1340. The Balaban J connectivity index is 1.80. The number of nitrogens with zero attached hydrogens (tertiary/aromatic N) is 2. The van der Waals surface area contributed by atoms with Crippen molar-refractivity contribution in [2.45, 2.75) is 45.6 Å². The van der Waals surface area contributed by atoms with Crippen LogP contribution in [-0.2, 0) is 10.2 Å². The Hall–Kier alpha value is -3.57. The van der Waals surface area contributed by atoms with Crippen molar-refractivity contribution in [3.8, 4) is 33.8 Å². The first kappa shape index (κ1) is 24.6. The molecule has 0 spiro atoms. The number of hydrogen-bond acceptors (Lipinski definition) is 3. The smallest absolute Gasteiger partial charge is 0.344 e. The number of carbonyl (C=O) groups is 1. The molecule has 0 aliphatic heterocycles. The van der Waals surface area contributed by atoms with Crippen LogP contribution < -0.4 is 4.74 Å². The lowest BCUT2D eigenvalue weighted by Crippen LogP contribution is -2.25. The summed E-state index contributed by atoms with van der Waals surface area (Å²) < 4.78 is 7.71. The SMILES string of the molecule is CCC(Oc1cccc(-c2ccccc2-c2cc(C(C)(C)C)n(-c3ccc(Cl)cc3)n2)c1)C(=O)O. The molecule has 3 aromatic carbocycles. The largest absolute Gasteiger partial charge is 0.479 e. The molecule has 1 N–H and O–H groups in total. The minimum Gasteiger partial charge on any atom is -0.479 e. The van der Waals surface area contributed by atoms with Gasteiger partial charge in [0.05, 0.1) is 17.1 Å². The molecule has 35 heavy (non-hydrogen) atoms. The predicted molar refractivity (Wildman–Crippen MR) is 140 cm³/mol. The lowest BCUT2D eigenvalue weighted by atomic mass is 9.90. The minimum atomic E-state index is -0.972. The van der Waals surface area contributed by atoms with Gasteiger partial charge in [-0.05, 0) is 60.0 Å². The highest BCUT2D eigenvalue weighted by Crippen LogP contribution is 2.36. The highest BCUT2D eigenvalue weighted by atomic mass is 35.5. The molecule has 1 atom stereocenters. The van der Waals surface area contributed by atoms with E-state index in [1.54, 1.807) is 13.0 Å². The van der Waals surface area contributed by atoms with Crippen LogP contribution in [-0.4, -0.2) is 27.0 Å². The maximum absolute atomic E-state index is 11.4. The van der Waals surface area contributed by atoms with Crippen LogP contribution in [0.25, 0.3) is 28.1 Å². The molecule has 1 heterocycles. The predicted octanol–water partition coefficient (Wildman–Crippen LogP) is 7.40. The Morgan fingerprint density at radius 3 is 2.31 bits per heavy atom. The standard InChI is InChI=1S/C29H29ClN2O3/c1-5-26(28(33)34)35-22-10-8-9-19(17-22)23-11-6-7-12-24(23)25-18-27(29(2,3)4)32(31-25)21-15-13-20(30)14-16-21/h6-18,26H,5H2,1-4H3,(H,33,34). The van der Waals surface area contributed by atoms with Crippen LogP contribution >= 0.6 is 11.6 Å². The fourth-order valence-electron chi connectivity index (χ4n) is 3.99. The number of aliphatic carboxylic acids is 1. The molecule has 0 saturated heterocycles. The fraction of sp³-hybridized carbons (Fsp3) is 0.241. The molecule has 0 saturated carbocycles. The van der Waals surface area contributed by atoms with Gasteiger partial charge in [-0.1, -0.05) is 75.7 Å². The number of aromatic nitrogens is 2. The van der Waals surface area contributed by atoms with E-state index in [1.807, 2.05) is 65.3 Å². The summed E-state index contributed by atoms with van der Waals surface area (Å²) in [5.41, 5.74) is 5.63. The van der Waals surface area contributed by atoms with E-state index >= 15 is 0 Å². The van der Waals surface area contributed by atoms with Crippen molar-refractivity contribution in [3.63, 3.8) is 0 Å². The molecule has 0 amide bonds. The van der Waals surface area contributed by atoms with Crippen LogP contribution in [0.4, 0.5) is 0 Å². The third-order valence-corrected chi connectivity index (χ3v) is 6.07. The molecule has 0 aliphatic rings. The Labute approximate surface area is 211 Å². The normalized spacial score (nSPS) is 12.4. The molecule has 1 unspecified atom stereocenters. The van der Waals surface area contributed by atoms with Gasteiger partial charge in [0.25, 0.3) is 0 Å². The van der Waals surface area contributed by atoms with Gasteiger partial charge in [0.1, 0.15) is 5.75 Å². The Morgan fingerprint density at radius 2 is 1.69 bits per heavy atom. The molecule has 0 radical (unpaired) electrons. The molecular weight excluding hydrogens is 460 g/mol. The first-order chi connectivity index (χ1) is 16.7. The van der Waals surface area contributed by atoms with E-state index in [-0.39, 0.29) is 5.41 Å². The van der Waals surface area contributed by atoms with E-state index in [0.29, 0.717) is 17.2 Å². The van der Waals surface area contributed by atoms with Gasteiger partial charge in [-0.2, -0.15) is 5.10 Å². The molecular formula is C29H29ClN2O3. The zero-order valence-electron chi connectivity index (χ0n) is 20.3. The second kappa shape index (κ2) is 9.96. The van der Waals surface area contributed by atoms with Crippen molar-refractivity contribution in [2.75, 3.05) is 0 Å². The first-order valence-corrected chi connectivity index (χ1v) is 12.0. The van der Waals surface area contributed by atoms with Crippen LogP contribution in [0.1, 0.15) is 39.8 Å². The van der Waals surface area contributed by atoms with E-state index in [4.69, 9.17) is 21.4 Å². The van der Waals surface area contributed by atoms with Gasteiger partial charge in [-0.25, -0.2) is 9.48 Å². The topological polar surface area (TPSA) is 64.4 Å². The molecule has 6 heteroatoms. The van der Waals surface area contributed by atoms with Crippen molar-refractivity contribution in [1.29, 1.82) is 0 Å². The van der Waals surface area contributed by atoms with Crippen LogP contribution in [0.5, 0.6) is 5.75 Å². The number of hydrogen-bond donors (Lipinski definition) is 1. The van der Waals surface area contributed by atoms with Crippen molar-refractivity contribution >= 4 is 17.6 Å². The summed E-state index contributed by atoms with van der Waals surface area (Å²) in [6.07, 6.45) is -0.502. The highest BCUT2D eigenvalue weighted by molar-refractivity contribution is 6.30. The number of halogens is 1. The first-order valence-electron chi connectivity index (χ1n) is 11.6. The molecule has 0 bridgehead atoms. The van der Waals surface area contributed by atoms with Crippen LogP contribution in [0.2, 0.25) is 5.02 Å². The van der Waals surface area contributed by atoms with Crippen LogP contribution in [0, 0.1) is 0 Å². The van der Waals surface area contributed by atoms with Gasteiger partial charge in [-0.15, -0.1) is 0 Å². The van der Waals surface area contributed by atoms with Crippen molar-refractivity contribution in [2.24, 2.45) is 0 Å². The van der Waals surface area contributed by atoms with Crippen molar-refractivity contribution in [3.05, 3.63) is 89.6 Å². The maximum Gasteiger partial charge on any atom is 0.344 e. The molecule has 4 rings (SSSR count). The van der Waals surface area contributed by atoms with Gasteiger partial charge < -0.3 is 9.84 Å². The summed E-state index contributed by atoms with van der Waals surface area (Å²) in [7, 11) is 0. The van der Waals surface area contributed by atoms with Crippen LogP contribution in [0.15, 0.2) is 78.9 Å². The number of ether oxygens (including phenoxy) is 1. The Kier molecular flexibility index (Phi) is 6.99. The van der Waals surface area contributed by atoms with Gasteiger partial charge in [0, 0.05) is 16.0 Å². The van der Waals surface area contributed by atoms with Gasteiger partial charge in [-0.3, -0.25) is 0 Å². The molecule has 4 aromatic rings. The molecule has 1 aromatic heterocycles. The van der Waals surface area contributed by atoms with Crippen molar-refractivity contribution < 1.29 is 14.6 Å². The number of rotatable bonds is 7. The van der Waals surface area contributed by atoms with E-state index in [2.05, 4.69) is 32.9 Å². The Morgan fingerprint density at radius 1 is 1.00 bits per heavy atom. The second-order valence-electron chi connectivity index (χ2n) is 9.48. The minimum absolute atomic E-state index is 0.139. The quantitative estimate of drug-likeness (QED) is 0.294. The summed E-state index contributed by atoms with van der Waals surface area (Å²) in [6.45, 7) is 8.29. The average Bonchev–Trinajstić information content (AvgIpc) is 3.29. The van der Waals surface area contributed by atoms with E-state index in [9.17, 15) is 9.90 Å². The zero-order chi connectivity index (χ0) is 25.2. The lowest BCUT2D eigenvalue weighted by Gasteiger charge is -2.20. The monoisotopic (exact) mass is 488 g/mol. The third-order valence-electron chi connectivity index (χ3n) is 5.82. The summed E-state index contributed by atoms with van der Waals surface area (Å²) >= 11 is 6.12.